The summed E-state index contributed by atoms with van der Waals surface area (Å²) in [6.07, 6.45) is 1.69. The van der Waals surface area contributed by atoms with Crippen molar-refractivity contribution in [3.05, 3.63) is 75.7 Å². The van der Waals surface area contributed by atoms with Crippen molar-refractivity contribution in [2.45, 2.75) is 20.4 Å². The molecule has 1 saturated heterocycles. The first-order chi connectivity index (χ1) is 19.2. The summed E-state index contributed by atoms with van der Waals surface area (Å²) < 4.78 is 1.60. The van der Waals surface area contributed by atoms with Gasteiger partial charge >= 0.3 is 0 Å². The first kappa shape index (κ1) is 27.3. The molecule has 1 aliphatic heterocycles. The maximum Gasteiger partial charge on any atom is 0.260 e. The molecule has 11 heteroatoms. The molecule has 4 aromatic rings. The number of nitrogens with one attached hydrogen (secondary N) is 1. The number of aliphatic imine (C=N–C) groups is 1. The number of halogens is 1. The molecule has 10 nitrogen and oxygen atoms in total. The molecule has 3 N–H and O–H groups in total. The van der Waals surface area contributed by atoms with Crippen LogP contribution in [0.25, 0.3) is 22.2 Å². The Morgan fingerprint density at radius 3 is 2.45 bits per heavy atom. The van der Waals surface area contributed by atoms with Crippen LogP contribution in [0.2, 0.25) is 5.02 Å². The molecule has 0 spiro atoms. The number of aryl methyl sites for hydroxylation is 1. The van der Waals surface area contributed by atoms with Gasteiger partial charge in [-0.05, 0) is 50.4 Å². The van der Waals surface area contributed by atoms with E-state index in [0.717, 1.165) is 31.9 Å². The van der Waals surface area contributed by atoms with Crippen LogP contribution in [0, 0.1) is 0 Å². The van der Waals surface area contributed by atoms with Gasteiger partial charge in [0.25, 0.3) is 5.56 Å². The summed E-state index contributed by atoms with van der Waals surface area (Å²) in [6, 6.07) is 14.9. The Hall–Kier alpha value is -4.28. The van der Waals surface area contributed by atoms with Crippen molar-refractivity contribution in [2.75, 3.05) is 43.4 Å². The Morgan fingerprint density at radius 2 is 1.80 bits per heavy atom. The van der Waals surface area contributed by atoms with Gasteiger partial charge in [-0.15, -0.1) is 0 Å². The van der Waals surface area contributed by atoms with Crippen LogP contribution >= 0.6 is 11.6 Å². The Bertz CT molecular complexity index is 1660. The third-order valence-corrected chi connectivity index (χ3v) is 7.28. The van der Waals surface area contributed by atoms with Gasteiger partial charge < -0.3 is 20.9 Å². The predicted octanol–water partition coefficient (Wildman–Crippen LogP) is 3.88. The Labute approximate surface area is 237 Å². The number of carbonyl (C=O) groups excluding carboxylic acids is 1. The Balaban J connectivity index is 1.43. The molecule has 3 heterocycles. The van der Waals surface area contributed by atoms with E-state index in [0.29, 0.717) is 45.2 Å². The molecule has 0 atom stereocenters. The topological polar surface area (TPSA) is 122 Å². The number of hydrogen-bond acceptors (Lipinski definition) is 7. The minimum atomic E-state index is -0.408. The summed E-state index contributed by atoms with van der Waals surface area (Å²) in [5.74, 6) is 0.0548. The van der Waals surface area contributed by atoms with Gasteiger partial charge in [0, 0.05) is 84.3 Å². The van der Waals surface area contributed by atoms with Crippen LogP contribution in [0.1, 0.15) is 19.4 Å². The molecule has 0 bridgehead atoms. The largest absolute Gasteiger partial charge is 0.383 e. The van der Waals surface area contributed by atoms with Crippen molar-refractivity contribution in [1.82, 2.24) is 19.4 Å². The van der Waals surface area contributed by atoms with Gasteiger partial charge in [-0.3, -0.25) is 14.2 Å². The van der Waals surface area contributed by atoms with E-state index >= 15 is 0 Å². The van der Waals surface area contributed by atoms with Gasteiger partial charge in [-0.25, -0.2) is 4.98 Å². The van der Waals surface area contributed by atoms with E-state index in [1.807, 2.05) is 19.1 Å². The van der Waals surface area contributed by atoms with Crippen LogP contribution in [0.5, 0.6) is 0 Å². The molecule has 2 aromatic carbocycles. The molecule has 206 valence electrons. The van der Waals surface area contributed by atoms with E-state index in [9.17, 15) is 9.59 Å². The molecular formula is C29H31ClN8O2. The van der Waals surface area contributed by atoms with Crippen molar-refractivity contribution >= 4 is 51.7 Å². The van der Waals surface area contributed by atoms with E-state index in [4.69, 9.17) is 17.3 Å². The van der Waals surface area contributed by atoms with Crippen LogP contribution in [0.3, 0.4) is 0 Å². The van der Waals surface area contributed by atoms with Crippen LogP contribution in [0.4, 0.5) is 17.3 Å². The number of piperazine rings is 1. The molecule has 40 heavy (non-hydrogen) atoms. The maximum absolute atomic E-state index is 13.5. The normalized spacial score (nSPS) is 14.5. The summed E-state index contributed by atoms with van der Waals surface area (Å²) in [5, 5.41) is 4.27. The van der Waals surface area contributed by atoms with Gasteiger partial charge in [0.1, 0.15) is 11.5 Å². The molecule has 1 aliphatic rings. The van der Waals surface area contributed by atoms with Crippen molar-refractivity contribution in [2.24, 2.45) is 10.7 Å². The SMILES string of the molecule is CCn1c(=O)c(-c2ccc(C(N)=NC(C)=O)cc2Cl)cc2cnc(Nc3ccc(N4CCN(C)CC4)cc3)nc21. The second-order valence-corrected chi connectivity index (χ2v) is 10.2. The average Bonchev–Trinajstić information content (AvgIpc) is 2.93. The lowest BCUT2D eigenvalue weighted by atomic mass is 10.0. The molecule has 0 aliphatic carbocycles. The fourth-order valence-electron chi connectivity index (χ4n) is 4.78. The maximum atomic E-state index is 13.5. The average molecular weight is 559 g/mol. The van der Waals surface area contributed by atoms with Crippen LogP contribution in [-0.4, -0.2) is 64.4 Å². The number of hydrogen-bond donors (Lipinski definition) is 2. The van der Waals surface area contributed by atoms with Crippen molar-refractivity contribution in [3.8, 4) is 11.1 Å². The number of amidine groups is 1. The molecule has 2 aromatic heterocycles. The Kier molecular flexibility index (Phi) is 7.81. The van der Waals surface area contributed by atoms with Gasteiger partial charge in [0.05, 0.1) is 0 Å². The summed E-state index contributed by atoms with van der Waals surface area (Å²) in [5.41, 5.74) is 9.69. The van der Waals surface area contributed by atoms with E-state index in [-0.39, 0.29) is 11.4 Å². The highest BCUT2D eigenvalue weighted by atomic mass is 35.5. The van der Waals surface area contributed by atoms with Gasteiger partial charge in [-0.2, -0.15) is 9.98 Å². The molecule has 0 radical (unpaired) electrons. The van der Waals surface area contributed by atoms with Crippen LogP contribution in [-0.2, 0) is 11.3 Å². The quantitative estimate of drug-likeness (QED) is 0.270. The molecule has 0 unspecified atom stereocenters. The summed E-state index contributed by atoms with van der Waals surface area (Å²) in [4.78, 5) is 42.4. The summed E-state index contributed by atoms with van der Waals surface area (Å²) in [6.45, 7) is 7.73. The zero-order chi connectivity index (χ0) is 28.4. The third kappa shape index (κ3) is 5.68. The Morgan fingerprint density at radius 1 is 1.07 bits per heavy atom. The number of rotatable bonds is 6. The highest BCUT2D eigenvalue weighted by Gasteiger charge is 2.17. The van der Waals surface area contributed by atoms with Gasteiger partial charge in [0.15, 0.2) is 0 Å². The van der Waals surface area contributed by atoms with E-state index < -0.39 is 5.91 Å². The molecular weight excluding hydrogens is 528 g/mol. The first-order valence-electron chi connectivity index (χ1n) is 13.1. The second-order valence-electron chi connectivity index (χ2n) is 9.75. The molecule has 1 fully saturated rings. The number of likely N-dealkylation sites (N-methyl/N-ethyl adjacent to an activating group) is 1. The second kappa shape index (κ2) is 11.4. The van der Waals surface area contributed by atoms with Crippen LogP contribution in [0.15, 0.2) is 64.5 Å². The zero-order valence-corrected chi connectivity index (χ0v) is 23.4. The van der Waals surface area contributed by atoms with E-state index in [2.05, 4.69) is 49.3 Å². The van der Waals surface area contributed by atoms with Crippen LogP contribution < -0.4 is 21.5 Å². The lowest BCUT2D eigenvalue weighted by molar-refractivity contribution is -0.115. The third-order valence-electron chi connectivity index (χ3n) is 6.97. The summed E-state index contributed by atoms with van der Waals surface area (Å²) in [7, 11) is 2.14. The molecule has 0 saturated carbocycles. The number of fused-ring (bicyclic) bond motifs is 1. The number of nitrogens with two attached hydrogens (primary N) is 1. The number of benzene rings is 2. The highest BCUT2D eigenvalue weighted by Crippen LogP contribution is 2.29. The highest BCUT2D eigenvalue weighted by molar-refractivity contribution is 6.33. The predicted molar refractivity (Wildman–Crippen MR) is 161 cm³/mol. The monoisotopic (exact) mass is 558 g/mol. The number of pyridine rings is 1. The van der Waals surface area contributed by atoms with Gasteiger partial charge in [-0.1, -0.05) is 23.7 Å². The fourth-order valence-corrected chi connectivity index (χ4v) is 5.06. The fraction of sp³-hybridized carbons (Fsp3) is 0.276. The summed E-state index contributed by atoms with van der Waals surface area (Å²) >= 11 is 6.56. The van der Waals surface area contributed by atoms with E-state index in [1.165, 1.54) is 12.6 Å². The van der Waals surface area contributed by atoms with E-state index in [1.54, 1.807) is 35.0 Å². The smallest absolute Gasteiger partial charge is 0.260 e. The minimum Gasteiger partial charge on any atom is -0.383 e. The van der Waals surface area contributed by atoms with Crippen molar-refractivity contribution < 1.29 is 4.79 Å². The number of anilines is 3. The minimum absolute atomic E-state index is 0.0628. The number of carbonyl (C=O) groups is 1. The first-order valence-corrected chi connectivity index (χ1v) is 13.5. The zero-order valence-electron chi connectivity index (χ0n) is 22.7. The van der Waals surface area contributed by atoms with Crippen molar-refractivity contribution in [1.29, 1.82) is 0 Å². The molecule has 5 rings (SSSR count). The molecule has 1 amide bonds. The van der Waals surface area contributed by atoms with Gasteiger partial charge in [0.2, 0.25) is 11.9 Å². The van der Waals surface area contributed by atoms with Crippen molar-refractivity contribution in [3.63, 3.8) is 0 Å². The number of nitrogens with zero attached hydrogens (tertiary/aromatic N) is 6. The lowest BCUT2D eigenvalue weighted by Gasteiger charge is -2.34. The standard InChI is InChI=1S/C29H31ClN8O2/c1-4-38-27-20(15-24(28(38)40)23-10-5-19(16-25(23)30)26(31)33-18(2)39)17-32-29(35-27)34-21-6-8-22(9-7-21)37-13-11-36(3)12-14-37/h5-10,15-17H,4,11-14H2,1-3H3,(H2,31,33,39)(H,32,34,35). The lowest BCUT2D eigenvalue weighted by Crippen LogP contribution is -2.44. The number of aromatic nitrogens is 3. The number of amides is 1.